The van der Waals surface area contributed by atoms with Crippen LogP contribution in [0.3, 0.4) is 0 Å². The number of hydrogen-bond donors (Lipinski definition) is 1. The first-order valence-electron chi connectivity index (χ1n) is 6.14. The number of ether oxygens (including phenoxy) is 2. The Morgan fingerprint density at radius 3 is 3.00 bits per heavy atom. The molecule has 1 aliphatic heterocycles. The van der Waals surface area contributed by atoms with Gasteiger partial charge in [0.1, 0.15) is 11.9 Å². The Labute approximate surface area is 106 Å². The van der Waals surface area contributed by atoms with E-state index in [9.17, 15) is 0 Å². The summed E-state index contributed by atoms with van der Waals surface area (Å²) < 4.78 is 10.9. The minimum absolute atomic E-state index is 0.0503. The van der Waals surface area contributed by atoms with Crippen molar-refractivity contribution in [3.05, 3.63) is 36.0 Å². The van der Waals surface area contributed by atoms with Gasteiger partial charge in [0.2, 0.25) is 0 Å². The molecule has 0 radical (unpaired) electrons. The number of hydrogen-bond acceptors (Lipinski definition) is 4. The van der Waals surface area contributed by atoms with Gasteiger partial charge in [-0.15, -0.1) is 0 Å². The second-order valence-electron chi connectivity index (χ2n) is 4.36. The van der Waals surface area contributed by atoms with E-state index in [0.717, 1.165) is 42.0 Å². The molecule has 3 rings (SSSR count). The molecule has 2 heterocycles. The van der Waals surface area contributed by atoms with Crippen molar-refractivity contribution in [1.82, 2.24) is 10.3 Å². The van der Waals surface area contributed by atoms with E-state index in [1.807, 2.05) is 24.3 Å². The first kappa shape index (κ1) is 11.4. The third-order valence-corrected chi connectivity index (χ3v) is 3.18. The lowest BCUT2D eigenvalue weighted by atomic mass is 10.1. The molecule has 1 aromatic carbocycles. The molecule has 0 bridgehead atoms. The van der Waals surface area contributed by atoms with Gasteiger partial charge < -0.3 is 14.8 Å². The molecule has 1 saturated heterocycles. The SMILES string of the molecule is COc1ccc2ccc(C3CNCCO3)nc2c1. The van der Waals surface area contributed by atoms with Gasteiger partial charge in [0.05, 0.1) is 24.9 Å². The zero-order valence-corrected chi connectivity index (χ0v) is 10.3. The molecular formula is C14H16N2O2. The summed E-state index contributed by atoms with van der Waals surface area (Å²) in [7, 11) is 1.67. The van der Waals surface area contributed by atoms with E-state index in [-0.39, 0.29) is 6.10 Å². The lowest BCUT2D eigenvalue weighted by Gasteiger charge is -2.23. The lowest BCUT2D eigenvalue weighted by Crippen LogP contribution is -2.33. The number of rotatable bonds is 2. The fourth-order valence-corrected chi connectivity index (χ4v) is 2.17. The Balaban J connectivity index is 1.97. The van der Waals surface area contributed by atoms with Crippen molar-refractivity contribution < 1.29 is 9.47 Å². The summed E-state index contributed by atoms with van der Waals surface area (Å²) in [4.78, 5) is 4.66. The van der Waals surface area contributed by atoms with Crippen molar-refractivity contribution in [2.24, 2.45) is 0 Å². The summed E-state index contributed by atoms with van der Waals surface area (Å²) in [6.07, 6.45) is 0.0503. The summed E-state index contributed by atoms with van der Waals surface area (Å²) in [5.74, 6) is 0.829. The second kappa shape index (κ2) is 4.92. The highest BCUT2D eigenvalue weighted by Crippen LogP contribution is 2.23. The van der Waals surface area contributed by atoms with Gasteiger partial charge >= 0.3 is 0 Å². The highest BCUT2D eigenvalue weighted by molar-refractivity contribution is 5.80. The smallest absolute Gasteiger partial charge is 0.121 e. The fraction of sp³-hybridized carbons (Fsp3) is 0.357. The van der Waals surface area contributed by atoms with Gasteiger partial charge in [-0.25, -0.2) is 4.98 Å². The van der Waals surface area contributed by atoms with Crippen LogP contribution in [0.25, 0.3) is 10.9 Å². The molecule has 2 aromatic rings. The number of fused-ring (bicyclic) bond motifs is 1. The minimum Gasteiger partial charge on any atom is -0.497 e. The maximum absolute atomic E-state index is 5.71. The Hall–Kier alpha value is -1.65. The predicted molar refractivity (Wildman–Crippen MR) is 69.9 cm³/mol. The summed E-state index contributed by atoms with van der Waals surface area (Å²) in [5, 5.41) is 4.43. The standard InChI is InChI=1S/C14H16N2O2/c1-17-11-4-2-10-3-5-12(16-13(10)8-11)14-9-15-6-7-18-14/h2-5,8,14-15H,6-7,9H2,1H3. The van der Waals surface area contributed by atoms with Gasteiger partial charge in [-0.05, 0) is 18.2 Å². The molecule has 1 fully saturated rings. The predicted octanol–water partition coefficient (Wildman–Crippen LogP) is 1.90. The Morgan fingerprint density at radius 1 is 1.33 bits per heavy atom. The third-order valence-electron chi connectivity index (χ3n) is 3.18. The molecule has 1 aliphatic rings. The van der Waals surface area contributed by atoms with Crippen molar-refractivity contribution >= 4 is 10.9 Å². The molecule has 1 N–H and O–H groups in total. The first-order chi connectivity index (χ1) is 8.86. The molecular weight excluding hydrogens is 228 g/mol. The van der Waals surface area contributed by atoms with Crippen molar-refractivity contribution in [2.75, 3.05) is 26.8 Å². The Kier molecular flexibility index (Phi) is 3.13. The molecule has 18 heavy (non-hydrogen) atoms. The van der Waals surface area contributed by atoms with Gasteiger partial charge in [0.15, 0.2) is 0 Å². The number of methoxy groups -OCH3 is 1. The van der Waals surface area contributed by atoms with Crippen LogP contribution in [0, 0.1) is 0 Å². The number of benzene rings is 1. The van der Waals surface area contributed by atoms with Crippen LogP contribution in [-0.2, 0) is 4.74 Å². The van der Waals surface area contributed by atoms with Crippen LogP contribution in [0.4, 0.5) is 0 Å². The molecule has 0 saturated carbocycles. The summed E-state index contributed by atoms with van der Waals surface area (Å²) in [6, 6.07) is 10.0. The third kappa shape index (κ3) is 2.17. The summed E-state index contributed by atoms with van der Waals surface area (Å²) in [5.41, 5.74) is 1.92. The lowest BCUT2D eigenvalue weighted by molar-refractivity contribution is 0.0252. The Morgan fingerprint density at radius 2 is 2.22 bits per heavy atom. The van der Waals surface area contributed by atoms with Crippen molar-refractivity contribution in [3.8, 4) is 5.75 Å². The topological polar surface area (TPSA) is 43.4 Å². The van der Waals surface area contributed by atoms with Crippen LogP contribution < -0.4 is 10.1 Å². The normalized spacial score (nSPS) is 19.9. The Bertz CT molecular complexity index is 550. The van der Waals surface area contributed by atoms with Gasteiger partial charge in [0.25, 0.3) is 0 Å². The average Bonchev–Trinajstić information content (AvgIpc) is 2.47. The molecule has 1 aromatic heterocycles. The van der Waals surface area contributed by atoms with Crippen LogP contribution in [0.15, 0.2) is 30.3 Å². The monoisotopic (exact) mass is 244 g/mol. The van der Waals surface area contributed by atoms with E-state index in [2.05, 4.69) is 16.4 Å². The van der Waals surface area contributed by atoms with E-state index >= 15 is 0 Å². The average molecular weight is 244 g/mol. The number of pyridine rings is 1. The maximum Gasteiger partial charge on any atom is 0.121 e. The highest BCUT2D eigenvalue weighted by atomic mass is 16.5. The van der Waals surface area contributed by atoms with Gasteiger partial charge in [0, 0.05) is 24.5 Å². The molecule has 1 atom stereocenters. The van der Waals surface area contributed by atoms with E-state index in [0.29, 0.717) is 0 Å². The highest BCUT2D eigenvalue weighted by Gasteiger charge is 2.17. The van der Waals surface area contributed by atoms with Crippen molar-refractivity contribution in [2.45, 2.75) is 6.10 Å². The first-order valence-corrected chi connectivity index (χ1v) is 6.14. The van der Waals surface area contributed by atoms with Crippen molar-refractivity contribution in [1.29, 1.82) is 0 Å². The van der Waals surface area contributed by atoms with Crippen LogP contribution >= 0.6 is 0 Å². The molecule has 0 spiro atoms. The van der Waals surface area contributed by atoms with E-state index < -0.39 is 0 Å². The minimum atomic E-state index is 0.0503. The van der Waals surface area contributed by atoms with E-state index in [1.165, 1.54) is 0 Å². The van der Waals surface area contributed by atoms with E-state index in [1.54, 1.807) is 7.11 Å². The fourth-order valence-electron chi connectivity index (χ4n) is 2.17. The molecule has 1 unspecified atom stereocenters. The number of aromatic nitrogens is 1. The van der Waals surface area contributed by atoms with E-state index in [4.69, 9.17) is 9.47 Å². The van der Waals surface area contributed by atoms with Gasteiger partial charge in [-0.2, -0.15) is 0 Å². The molecule has 4 heteroatoms. The number of nitrogens with one attached hydrogen (secondary N) is 1. The van der Waals surface area contributed by atoms with Crippen LogP contribution in [0.1, 0.15) is 11.8 Å². The largest absolute Gasteiger partial charge is 0.497 e. The molecule has 0 amide bonds. The maximum atomic E-state index is 5.71. The van der Waals surface area contributed by atoms with Gasteiger partial charge in [-0.1, -0.05) is 6.07 Å². The van der Waals surface area contributed by atoms with Crippen LogP contribution in [0.2, 0.25) is 0 Å². The summed E-state index contributed by atoms with van der Waals surface area (Å²) in [6.45, 7) is 2.48. The quantitative estimate of drug-likeness (QED) is 0.876. The zero-order valence-electron chi connectivity index (χ0n) is 10.3. The number of nitrogens with zero attached hydrogens (tertiary/aromatic N) is 1. The molecule has 4 nitrogen and oxygen atoms in total. The second-order valence-corrected chi connectivity index (χ2v) is 4.36. The van der Waals surface area contributed by atoms with Gasteiger partial charge in [-0.3, -0.25) is 0 Å². The number of morpholine rings is 1. The summed E-state index contributed by atoms with van der Waals surface area (Å²) >= 11 is 0. The zero-order chi connectivity index (χ0) is 12.4. The molecule has 94 valence electrons. The van der Waals surface area contributed by atoms with Crippen molar-refractivity contribution in [3.63, 3.8) is 0 Å². The molecule has 0 aliphatic carbocycles. The van der Waals surface area contributed by atoms with Crippen LogP contribution in [-0.4, -0.2) is 31.8 Å². The van der Waals surface area contributed by atoms with Crippen LogP contribution in [0.5, 0.6) is 5.75 Å².